The van der Waals surface area contributed by atoms with Crippen molar-refractivity contribution in [3.63, 3.8) is 0 Å². The van der Waals surface area contributed by atoms with Gasteiger partial charge >= 0.3 is 5.97 Å². The van der Waals surface area contributed by atoms with Crippen LogP contribution in [0.4, 0.5) is 5.69 Å². The molecule has 0 spiro atoms. The molecule has 0 N–H and O–H groups in total. The van der Waals surface area contributed by atoms with Crippen LogP contribution in [0.1, 0.15) is 26.3 Å². The van der Waals surface area contributed by atoms with Crippen LogP contribution in [-0.4, -0.2) is 25.2 Å². The van der Waals surface area contributed by atoms with Crippen LogP contribution in [-0.2, 0) is 9.53 Å². The minimum atomic E-state index is -0.245. The summed E-state index contributed by atoms with van der Waals surface area (Å²) in [7, 11) is 2.08. The van der Waals surface area contributed by atoms with Gasteiger partial charge in [-0.1, -0.05) is 24.3 Å². The number of hydrogen-bond acceptors (Lipinski definition) is 3. The van der Waals surface area contributed by atoms with E-state index in [1.807, 2.05) is 12.1 Å². The molecule has 3 nitrogen and oxygen atoms in total. The van der Waals surface area contributed by atoms with Gasteiger partial charge in [-0.15, -0.1) is 0 Å². The average molecular weight is 245 g/mol. The zero-order chi connectivity index (χ0) is 13.3. The van der Waals surface area contributed by atoms with E-state index in [-0.39, 0.29) is 11.5 Å². The van der Waals surface area contributed by atoms with E-state index in [1.165, 1.54) is 12.6 Å². The Hall–Kier alpha value is -1.77. The summed E-state index contributed by atoms with van der Waals surface area (Å²) in [5.41, 5.74) is 3.31. The van der Waals surface area contributed by atoms with Gasteiger partial charge in [0, 0.05) is 25.2 Å². The number of para-hydroxylation sites is 1. The Kier molecular flexibility index (Phi) is 3.16. The van der Waals surface area contributed by atoms with Crippen molar-refractivity contribution in [2.24, 2.45) is 0 Å². The van der Waals surface area contributed by atoms with Gasteiger partial charge in [0.2, 0.25) is 0 Å². The summed E-state index contributed by atoms with van der Waals surface area (Å²) in [5.74, 6) is -0.245. The Morgan fingerprint density at radius 2 is 2.00 bits per heavy atom. The van der Waals surface area contributed by atoms with Crippen molar-refractivity contribution in [3.05, 3.63) is 35.9 Å². The molecular weight excluding hydrogens is 226 g/mol. The number of fused-ring (bicyclic) bond motifs is 1. The number of carbonyl (C=O) groups is 1. The monoisotopic (exact) mass is 245 g/mol. The lowest BCUT2D eigenvalue weighted by molar-refractivity contribution is -0.139. The van der Waals surface area contributed by atoms with E-state index < -0.39 is 0 Å². The van der Waals surface area contributed by atoms with E-state index in [2.05, 4.69) is 44.0 Å². The van der Waals surface area contributed by atoms with Crippen LogP contribution >= 0.6 is 0 Å². The van der Waals surface area contributed by atoms with Gasteiger partial charge in [0.25, 0.3) is 0 Å². The van der Waals surface area contributed by atoms with Crippen LogP contribution in [0.5, 0.6) is 0 Å². The van der Waals surface area contributed by atoms with E-state index >= 15 is 0 Å². The summed E-state index contributed by atoms with van der Waals surface area (Å²) < 4.78 is 5.14. The Morgan fingerprint density at radius 1 is 1.33 bits per heavy atom. The van der Waals surface area contributed by atoms with Crippen LogP contribution in [0, 0.1) is 0 Å². The Bertz CT molecular complexity index is 503. The van der Waals surface area contributed by atoms with Crippen molar-refractivity contribution in [1.82, 2.24) is 0 Å². The van der Waals surface area contributed by atoms with E-state index in [1.54, 1.807) is 0 Å². The normalized spacial score (nSPS) is 16.9. The summed E-state index contributed by atoms with van der Waals surface area (Å²) in [6, 6.07) is 8.20. The van der Waals surface area contributed by atoms with Gasteiger partial charge in [-0.05, 0) is 25.5 Å². The zero-order valence-electron chi connectivity index (χ0n) is 11.4. The van der Waals surface area contributed by atoms with Gasteiger partial charge in [0.1, 0.15) is 6.61 Å². The summed E-state index contributed by atoms with van der Waals surface area (Å²) in [6.07, 6.45) is 2.16. The molecule has 1 aliphatic rings. The van der Waals surface area contributed by atoms with Gasteiger partial charge in [0.05, 0.1) is 5.54 Å². The highest BCUT2D eigenvalue weighted by molar-refractivity contribution is 5.83. The number of esters is 1. The molecule has 1 aromatic rings. The van der Waals surface area contributed by atoms with Crippen LogP contribution < -0.4 is 4.90 Å². The number of benzene rings is 1. The van der Waals surface area contributed by atoms with E-state index in [9.17, 15) is 4.79 Å². The van der Waals surface area contributed by atoms with E-state index in [0.717, 1.165) is 11.1 Å². The van der Waals surface area contributed by atoms with Gasteiger partial charge in [-0.3, -0.25) is 4.79 Å². The molecule has 96 valence electrons. The van der Waals surface area contributed by atoms with Crippen LogP contribution in [0.15, 0.2) is 30.3 Å². The second-order valence-electron chi connectivity index (χ2n) is 5.18. The molecule has 0 saturated heterocycles. The Balaban J connectivity index is 2.41. The third-order valence-corrected chi connectivity index (χ3v) is 3.43. The summed E-state index contributed by atoms with van der Waals surface area (Å²) in [5, 5.41) is 0. The fraction of sp³-hybridized carbons (Fsp3) is 0.400. The number of likely N-dealkylation sites (N-methyl/N-ethyl adjacent to an activating group) is 1. The molecule has 1 aliphatic heterocycles. The van der Waals surface area contributed by atoms with Crippen molar-refractivity contribution < 1.29 is 9.53 Å². The fourth-order valence-electron chi connectivity index (χ4n) is 2.25. The Morgan fingerprint density at radius 3 is 2.67 bits per heavy atom. The average Bonchev–Trinajstić information content (AvgIpc) is 2.32. The molecule has 0 aliphatic carbocycles. The predicted molar refractivity (Wildman–Crippen MR) is 73.5 cm³/mol. The first-order chi connectivity index (χ1) is 8.42. The molecule has 0 aromatic heterocycles. The standard InChI is InChI=1S/C15H19NO2/c1-11(17)18-10-12-9-15(2,3)16(4)14-8-6-5-7-13(12)14/h5-9H,10H2,1-4H3. The number of rotatable bonds is 2. The number of nitrogens with zero attached hydrogens (tertiary/aromatic N) is 1. The second kappa shape index (κ2) is 4.48. The van der Waals surface area contributed by atoms with Gasteiger partial charge in [0.15, 0.2) is 0 Å². The van der Waals surface area contributed by atoms with Crippen LogP contribution in [0.25, 0.3) is 5.57 Å². The van der Waals surface area contributed by atoms with Crippen LogP contribution in [0.3, 0.4) is 0 Å². The molecule has 3 heteroatoms. The largest absolute Gasteiger partial charge is 0.461 e. The lowest BCUT2D eigenvalue weighted by Gasteiger charge is -2.40. The fourth-order valence-corrected chi connectivity index (χ4v) is 2.25. The number of anilines is 1. The van der Waals surface area contributed by atoms with E-state index in [0.29, 0.717) is 6.61 Å². The highest BCUT2D eigenvalue weighted by Crippen LogP contribution is 2.37. The van der Waals surface area contributed by atoms with Crippen molar-refractivity contribution >= 4 is 17.2 Å². The molecule has 1 aromatic carbocycles. The molecule has 0 unspecified atom stereocenters. The van der Waals surface area contributed by atoms with Gasteiger partial charge in [-0.2, -0.15) is 0 Å². The summed E-state index contributed by atoms with van der Waals surface area (Å²) in [6.45, 7) is 6.07. The van der Waals surface area contributed by atoms with Crippen LogP contribution in [0.2, 0.25) is 0 Å². The van der Waals surface area contributed by atoms with Crippen molar-refractivity contribution in [2.75, 3.05) is 18.6 Å². The molecular formula is C15H19NO2. The first kappa shape index (κ1) is 12.7. The minimum absolute atomic E-state index is 0.0795. The van der Waals surface area contributed by atoms with E-state index in [4.69, 9.17) is 4.74 Å². The number of ether oxygens (including phenoxy) is 1. The SMILES string of the molecule is CC(=O)OCC1=CC(C)(C)N(C)c2ccccc21. The minimum Gasteiger partial charge on any atom is -0.461 e. The predicted octanol–water partition coefficient (Wildman–Crippen LogP) is 2.86. The zero-order valence-corrected chi connectivity index (χ0v) is 11.4. The maximum absolute atomic E-state index is 11.0. The maximum atomic E-state index is 11.0. The number of hydrogen-bond donors (Lipinski definition) is 0. The Labute approximate surface area is 108 Å². The molecule has 0 radical (unpaired) electrons. The van der Waals surface area contributed by atoms with Gasteiger partial charge < -0.3 is 9.64 Å². The molecule has 2 rings (SSSR count). The first-order valence-electron chi connectivity index (χ1n) is 6.10. The molecule has 0 bridgehead atoms. The third-order valence-electron chi connectivity index (χ3n) is 3.43. The first-order valence-corrected chi connectivity index (χ1v) is 6.10. The molecule has 0 saturated carbocycles. The lowest BCUT2D eigenvalue weighted by atomic mass is 9.89. The molecule has 0 amide bonds. The highest BCUT2D eigenvalue weighted by Gasteiger charge is 2.29. The molecule has 0 fully saturated rings. The van der Waals surface area contributed by atoms with Gasteiger partial charge in [-0.25, -0.2) is 0 Å². The summed E-state index contributed by atoms with van der Waals surface area (Å²) >= 11 is 0. The number of carbonyl (C=O) groups excluding carboxylic acids is 1. The van der Waals surface area contributed by atoms with Crippen molar-refractivity contribution in [3.8, 4) is 0 Å². The summed E-state index contributed by atoms with van der Waals surface area (Å²) in [4.78, 5) is 13.2. The quantitative estimate of drug-likeness (QED) is 0.750. The molecule has 0 atom stereocenters. The topological polar surface area (TPSA) is 29.5 Å². The lowest BCUT2D eigenvalue weighted by Crippen LogP contribution is -2.42. The molecule has 18 heavy (non-hydrogen) atoms. The van der Waals surface area contributed by atoms with Crippen molar-refractivity contribution in [1.29, 1.82) is 0 Å². The maximum Gasteiger partial charge on any atom is 0.302 e. The smallest absolute Gasteiger partial charge is 0.302 e. The molecule has 1 heterocycles. The third kappa shape index (κ3) is 2.26. The van der Waals surface area contributed by atoms with Crippen molar-refractivity contribution in [2.45, 2.75) is 26.3 Å². The second-order valence-corrected chi connectivity index (χ2v) is 5.18. The highest BCUT2D eigenvalue weighted by atomic mass is 16.5.